The Morgan fingerprint density at radius 2 is 1.89 bits per heavy atom. The Labute approximate surface area is 114 Å². The van der Waals surface area contributed by atoms with Gasteiger partial charge >= 0.3 is 0 Å². The van der Waals surface area contributed by atoms with E-state index in [1.807, 2.05) is 30.5 Å². The van der Waals surface area contributed by atoms with Crippen LogP contribution in [0.25, 0.3) is 10.9 Å². The number of aliphatic hydroxyl groups is 1. The van der Waals surface area contributed by atoms with E-state index >= 15 is 0 Å². The van der Waals surface area contributed by atoms with E-state index in [-0.39, 0.29) is 5.02 Å². The monoisotopic (exact) mass is 275 g/mol. The largest absolute Gasteiger partial charge is 0.384 e. The molecule has 2 N–H and O–H groups in total. The maximum absolute atomic E-state index is 13.3. The summed E-state index contributed by atoms with van der Waals surface area (Å²) in [4.78, 5) is 3.08. The fraction of sp³-hybridized carbons (Fsp3) is 0.0667. The van der Waals surface area contributed by atoms with E-state index < -0.39 is 11.9 Å². The van der Waals surface area contributed by atoms with Crippen molar-refractivity contribution in [3.8, 4) is 0 Å². The van der Waals surface area contributed by atoms with E-state index in [0.29, 0.717) is 11.1 Å². The lowest BCUT2D eigenvalue weighted by atomic mass is 10.0. The van der Waals surface area contributed by atoms with Crippen molar-refractivity contribution < 1.29 is 9.50 Å². The van der Waals surface area contributed by atoms with Gasteiger partial charge in [-0.25, -0.2) is 4.39 Å². The Hall–Kier alpha value is -1.84. The van der Waals surface area contributed by atoms with Crippen molar-refractivity contribution in [1.29, 1.82) is 0 Å². The van der Waals surface area contributed by atoms with Gasteiger partial charge in [-0.3, -0.25) is 0 Å². The molecule has 0 spiro atoms. The zero-order chi connectivity index (χ0) is 13.4. The fourth-order valence-electron chi connectivity index (χ4n) is 2.17. The second kappa shape index (κ2) is 4.68. The van der Waals surface area contributed by atoms with E-state index in [1.165, 1.54) is 12.1 Å². The molecule has 1 aromatic heterocycles. The van der Waals surface area contributed by atoms with Crippen molar-refractivity contribution >= 4 is 22.5 Å². The summed E-state index contributed by atoms with van der Waals surface area (Å²) in [6.45, 7) is 0. The highest BCUT2D eigenvalue weighted by Crippen LogP contribution is 2.27. The average molecular weight is 276 g/mol. The van der Waals surface area contributed by atoms with Gasteiger partial charge in [-0.2, -0.15) is 0 Å². The number of aromatic nitrogens is 1. The maximum atomic E-state index is 13.3. The molecule has 0 aliphatic carbocycles. The number of fused-ring (bicyclic) bond motifs is 1. The number of aliphatic hydroxyl groups excluding tert-OH is 1. The summed E-state index contributed by atoms with van der Waals surface area (Å²) in [7, 11) is 0. The molecule has 2 aromatic carbocycles. The topological polar surface area (TPSA) is 36.0 Å². The Morgan fingerprint density at radius 1 is 1.05 bits per heavy atom. The molecule has 1 unspecified atom stereocenters. The zero-order valence-corrected chi connectivity index (χ0v) is 10.7. The van der Waals surface area contributed by atoms with Gasteiger partial charge in [-0.1, -0.05) is 17.7 Å². The number of benzene rings is 2. The van der Waals surface area contributed by atoms with E-state index in [1.54, 1.807) is 6.07 Å². The third kappa shape index (κ3) is 2.35. The highest BCUT2D eigenvalue weighted by Gasteiger charge is 2.13. The van der Waals surface area contributed by atoms with Gasteiger partial charge < -0.3 is 10.1 Å². The Morgan fingerprint density at radius 3 is 2.68 bits per heavy atom. The van der Waals surface area contributed by atoms with Gasteiger partial charge in [-0.05, 0) is 52.9 Å². The third-order valence-corrected chi connectivity index (χ3v) is 3.31. The van der Waals surface area contributed by atoms with Crippen LogP contribution in [0.2, 0.25) is 5.02 Å². The Kier molecular flexibility index (Phi) is 3.01. The number of H-pyrrole nitrogens is 1. The van der Waals surface area contributed by atoms with Crippen molar-refractivity contribution in [1.82, 2.24) is 4.98 Å². The first-order valence-electron chi connectivity index (χ1n) is 5.84. The minimum absolute atomic E-state index is 0.275. The van der Waals surface area contributed by atoms with Gasteiger partial charge in [0.1, 0.15) is 11.9 Å². The van der Waals surface area contributed by atoms with Crippen LogP contribution in [0.1, 0.15) is 17.2 Å². The summed E-state index contributed by atoms with van der Waals surface area (Å²) >= 11 is 5.80. The van der Waals surface area contributed by atoms with Gasteiger partial charge in [-0.15, -0.1) is 0 Å². The van der Waals surface area contributed by atoms with Crippen molar-refractivity contribution in [3.05, 3.63) is 70.6 Å². The van der Waals surface area contributed by atoms with Crippen LogP contribution in [0.5, 0.6) is 0 Å². The quantitative estimate of drug-likeness (QED) is 0.727. The van der Waals surface area contributed by atoms with E-state index in [4.69, 9.17) is 11.6 Å². The summed E-state index contributed by atoms with van der Waals surface area (Å²) in [6, 6.07) is 11.6. The van der Waals surface area contributed by atoms with Crippen molar-refractivity contribution in [2.75, 3.05) is 0 Å². The van der Waals surface area contributed by atoms with Crippen molar-refractivity contribution in [3.63, 3.8) is 0 Å². The van der Waals surface area contributed by atoms with E-state index in [2.05, 4.69) is 4.98 Å². The minimum Gasteiger partial charge on any atom is -0.384 e. The molecule has 4 heteroatoms. The third-order valence-electron chi connectivity index (χ3n) is 3.09. The number of rotatable bonds is 2. The second-order valence-corrected chi connectivity index (χ2v) is 4.87. The molecule has 3 rings (SSSR count). The van der Waals surface area contributed by atoms with E-state index in [9.17, 15) is 9.50 Å². The van der Waals surface area contributed by atoms with Crippen LogP contribution < -0.4 is 0 Å². The van der Waals surface area contributed by atoms with Crippen LogP contribution in [0.3, 0.4) is 0 Å². The standard InChI is InChI=1S/C15H11ClFNO/c16-12-6-11(7-13(17)8-12)15(19)10-1-2-14-9(5-10)3-4-18-14/h1-8,15,18-19H. The number of halogens is 2. The smallest absolute Gasteiger partial charge is 0.125 e. The normalized spacial score (nSPS) is 12.8. The molecule has 19 heavy (non-hydrogen) atoms. The van der Waals surface area contributed by atoms with Crippen LogP contribution in [0, 0.1) is 5.82 Å². The first-order valence-corrected chi connectivity index (χ1v) is 6.22. The highest BCUT2D eigenvalue weighted by molar-refractivity contribution is 6.30. The molecule has 0 aliphatic rings. The molecule has 96 valence electrons. The lowest BCUT2D eigenvalue weighted by molar-refractivity contribution is 0.220. The minimum atomic E-state index is -0.896. The second-order valence-electron chi connectivity index (χ2n) is 4.43. The summed E-state index contributed by atoms with van der Waals surface area (Å²) in [5.41, 5.74) is 2.14. The predicted octanol–water partition coefficient (Wildman–Crippen LogP) is 4.04. The van der Waals surface area contributed by atoms with Crippen molar-refractivity contribution in [2.45, 2.75) is 6.10 Å². The summed E-state index contributed by atoms with van der Waals surface area (Å²) < 4.78 is 13.3. The van der Waals surface area contributed by atoms with E-state index in [0.717, 1.165) is 10.9 Å². The molecule has 0 saturated heterocycles. The van der Waals surface area contributed by atoms with Gasteiger partial charge in [0.05, 0.1) is 0 Å². The molecule has 1 atom stereocenters. The number of hydrogen-bond donors (Lipinski definition) is 2. The SMILES string of the molecule is OC(c1cc(F)cc(Cl)c1)c1ccc2[nH]ccc2c1. The summed E-state index contributed by atoms with van der Waals surface area (Å²) in [6.07, 6.45) is 0.937. The molecular weight excluding hydrogens is 265 g/mol. The van der Waals surface area contributed by atoms with Crippen LogP contribution in [0.15, 0.2) is 48.7 Å². The van der Waals surface area contributed by atoms with Gasteiger partial charge in [0.15, 0.2) is 0 Å². The zero-order valence-electron chi connectivity index (χ0n) is 9.90. The van der Waals surface area contributed by atoms with Crippen LogP contribution in [-0.4, -0.2) is 10.1 Å². The summed E-state index contributed by atoms with van der Waals surface area (Å²) in [5, 5.41) is 11.6. The number of nitrogens with one attached hydrogen (secondary N) is 1. The Bertz CT molecular complexity index is 718. The lowest BCUT2D eigenvalue weighted by Crippen LogP contribution is -2.00. The lowest BCUT2D eigenvalue weighted by Gasteiger charge is -2.12. The molecule has 0 radical (unpaired) electrons. The van der Waals surface area contributed by atoms with Gasteiger partial charge in [0.2, 0.25) is 0 Å². The molecule has 0 bridgehead atoms. The molecule has 1 heterocycles. The number of aromatic amines is 1. The first kappa shape index (κ1) is 12.2. The van der Waals surface area contributed by atoms with Crippen LogP contribution >= 0.6 is 11.6 Å². The first-order chi connectivity index (χ1) is 9.13. The summed E-state index contributed by atoms with van der Waals surface area (Å²) in [5.74, 6) is -0.454. The molecule has 0 aliphatic heterocycles. The maximum Gasteiger partial charge on any atom is 0.125 e. The molecule has 0 amide bonds. The van der Waals surface area contributed by atoms with Crippen molar-refractivity contribution in [2.24, 2.45) is 0 Å². The van der Waals surface area contributed by atoms with Crippen LogP contribution in [-0.2, 0) is 0 Å². The molecular formula is C15H11ClFNO. The number of hydrogen-bond acceptors (Lipinski definition) is 1. The molecule has 3 aromatic rings. The predicted molar refractivity (Wildman–Crippen MR) is 73.8 cm³/mol. The molecule has 2 nitrogen and oxygen atoms in total. The molecule has 0 fully saturated rings. The van der Waals surface area contributed by atoms with Gasteiger partial charge in [0.25, 0.3) is 0 Å². The van der Waals surface area contributed by atoms with Gasteiger partial charge in [0, 0.05) is 16.7 Å². The fourth-order valence-corrected chi connectivity index (χ4v) is 2.40. The highest BCUT2D eigenvalue weighted by atomic mass is 35.5. The Balaban J connectivity index is 2.04. The average Bonchev–Trinajstić information content (AvgIpc) is 2.83. The molecule has 0 saturated carbocycles. The van der Waals surface area contributed by atoms with Crippen LogP contribution in [0.4, 0.5) is 4.39 Å².